The first-order chi connectivity index (χ1) is 13.6. The van der Waals surface area contributed by atoms with Gasteiger partial charge < -0.3 is 4.74 Å². The number of amides is 1. The summed E-state index contributed by atoms with van der Waals surface area (Å²) in [6.45, 7) is 7.07. The molecule has 0 N–H and O–H groups in total. The average molecular weight is 417 g/mol. The van der Waals surface area contributed by atoms with Gasteiger partial charge in [-0.05, 0) is 70.2 Å². The van der Waals surface area contributed by atoms with Crippen molar-refractivity contribution < 1.29 is 13.9 Å². The summed E-state index contributed by atoms with van der Waals surface area (Å²) in [6, 6.07) is 5.91. The van der Waals surface area contributed by atoms with Gasteiger partial charge >= 0.3 is 6.09 Å². The second-order valence-electron chi connectivity index (χ2n) is 8.35. The molecule has 4 rings (SSSR count). The van der Waals surface area contributed by atoms with Gasteiger partial charge in [0.25, 0.3) is 0 Å². The lowest BCUT2D eigenvalue weighted by molar-refractivity contribution is 0.0597. The zero-order chi connectivity index (χ0) is 20.9. The topological polar surface area (TPSA) is 59.7 Å². The number of halogens is 2. The van der Waals surface area contributed by atoms with E-state index >= 15 is 0 Å². The minimum atomic E-state index is -0.739. The Balaban J connectivity index is 1.92. The Labute approximate surface area is 173 Å². The quantitative estimate of drug-likeness (QED) is 0.507. The van der Waals surface area contributed by atoms with Crippen LogP contribution in [0, 0.1) is 12.7 Å². The highest BCUT2D eigenvalue weighted by Crippen LogP contribution is 2.42. The van der Waals surface area contributed by atoms with E-state index in [2.05, 4.69) is 10.1 Å². The van der Waals surface area contributed by atoms with Gasteiger partial charge in [-0.2, -0.15) is 9.61 Å². The molecular formula is C21H22ClFN4O2. The molecule has 2 heterocycles. The lowest BCUT2D eigenvalue weighted by Gasteiger charge is -2.28. The molecule has 1 aliphatic carbocycles. The number of anilines is 2. The summed E-state index contributed by atoms with van der Waals surface area (Å²) in [5, 5.41) is 4.66. The maximum absolute atomic E-state index is 14.2. The smallest absolute Gasteiger partial charge is 0.420 e. The zero-order valence-corrected chi connectivity index (χ0v) is 17.5. The summed E-state index contributed by atoms with van der Waals surface area (Å²) in [6.07, 6.45) is 3.24. The minimum absolute atomic E-state index is 0.219. The van der Waals surface area contributed by atoms with E-state index in [0.717, 1.165) is 18.4 Å². The molecular weight excluding hydrogens is 395 g/mol. The van der Waals surface area contributed by atoms with Gasteiger partial charge in [-0.1, -0.05) is 11.6 Å². The molecule has 3 aromatic rings. The van der Waals surface area contributed by atoms with Crippen LogP contribution < -0.4 is 4.90 Å². The third-order valence-corrected chi connectivity index (χ3v) is 4.75. The number of benzene rings is 1. The minimum Gasteiger partial charge on any atom is -0.443 e. The fourth-order valence-corrected chi connectivity index (χ4v) is 3.44. The molecule has 0 bridgehead atoms. The lowest BCUT2D eigenvalue weighted by atomic mass is 10.2. The number of ether oxygens (including phenoxy) is 1. The van der Waals surface area contributed by atoms with Gasteiger partial charge in [0.05, 0.1) is 11.9 Å². The van der Waals surface area contributed by atoms with Crippen LogP contribution in [0.4, 0.5) is 20.7 Å². The molecule has 0 saturated heterocycles. The molecule has 1 fully saturated rings. The average Bonchev–Trinajstić information content (AvgIpc) is 3.32. The number of carbonyl (C=O) groups is 1. The highest BCUT2D eigenvalue weighted by Gasteiger charge is 2.31. The first kappa shape index (κ1) is 19.6. The Morgan fingerprint density at radius 3 is 2.62 bits per heavy atom. The monoisotopic (exact) mass is 416 g/mol. The van der Waals surface area contributed by atoms with Crippen LogP contribution in [0.15, 0.2) is 30.5 Å². The molecule has 0 atom stereocenters. The van der Waals surface area contributed by atoms with E-state index in [-0.39, 0.29) is 5.15 Å². The standard InChI is InChI=1S/C21H22ClFN4O2/c1-12-7-14(23)9-15(8-12)26(20(28)29-21(2,3)4)18-10-17(22)25-19-16(13-5-6-13)11-24-27(18)19/h7-11,13H,5-6H2,1-4H3. The van der Waals surface area contributed by atoms with Gasteiger partial charge in [0.1, 0.15) is 22.4 Å². The molecule has 2 aromatic heterocycles. The van der Waals surface area contributed by atoms with E-state index in [1.54, 1.807) is 44.5 Å². The summed E-state index contributed by atoms with van der Waals surface area (Å²) in [5.41, 5.74) is 1.84. The third kappa shape index (κ3) is 4.05. The SMILES string of the molecule is Cc1cc(F)cc(N(C(=O)OC(C)(C)C)c2cc(Cl)nc3c(C4CC4)cnn23)c1. The molecule has 152 valence electrons. The molecule has 0 unspecified atom stereocenters. The van der Waals surface area contributed by atoms with Crippen LogP contribution in [0.2, 0.25) is 5.15 Å². The van der Waals surface area contributed by atoms with Crippen molar-refractivity contribution in [2.45, 2.75) is 52.1 Å². The molecule has 8 heteroatoms. The van der Waals surface area contributed by atoms with Gasteiger partial charge in [0.2, 0.25) is 0 Å². The van der Waals surface area contributed by atoms with E-state index in [9.17, 15) is 9.18 Å². The van der Waals surface area contributed by atoms with E-state index in [0.29, 0.717) is 28.6 Å². The molecule has 6 nitrogen and oxygen atoms in total. The summed E-state index contributed by atoms with van der Waals surface area (Å²) in [5.74, 6) is 0.285. The fraction of sp³-hybridized carbons (Fsp3) is 0.381. The van der Waals surface area contributed by atoms with Crippen molar-refractivity contribution in [1.82, 2.24) is 14.6 Å². The van der Waals surface area contributed by atoms with Crippen molar-refractivity contribution in [3.05, 3.63) is 52.6 Å². The van der Waals surface area contributed by atoms with Crippen molar-refractivity contribution in [2.75, 3.05) is 4.90 Å². The second kappa shape index (κ2) is 6.99. The summed E-state index contributed by atoms with van der Waals surface area (Å²) >= 11 is 6.30. The van der Waals surface area contributed by atoms with E-state index in [1.165, 1.54) is 23.1 Å². The van der Waals surface area contributed by atoms with E-state index < -0.39 is 17.5 Å². The zero-order valence-electron chi connectivity index (χ0n) is 16.7. The molecule has 0 aliphatic heterocycles. The van der Waals surface area contributed by atoms with Crippen molar-refractivity contribution in [2.24, 2.45) is 0 Å². The van der Waals surface area contributed by atoms with Crippen LogP contribution >= 0.6 is 11.6 Å². The number of aromatic nitrogens is 3. The molecule has 0 spiro atoms. The van der Waals surface area contributed by atoms with Crippen LogP contribution in [0.3, 0.4) is 0 Å². The number of fused-ring (bicyclic) bond motifs is 1. The Kier molecular flexibility index (Phi) is 4.73. The normalized spacial score (nSPS) is 14.3. The summed E-state index contributed by atoms with van der Waals surface area (Å²) in [7, 11) is 0. The first-order valence-corrected chi connectivity index (χ1v) is 9.84. The fourth-order valence-electron chi connectivity index (χ4n) is 3.26. The lowest BCUT2D eigenvalue weighted by Crippen LogP contribution is -2.35. The number of hydrogen-bond acceptors (Lipinski definition) is 4. The molecule has 29 heavy (non-hydrogen) atoms. The molecule has 1 saturated carbocycles. The van der Waals surface area contributed by atoms with Crippen LogP contribution in [-0.4, -0.2) is 26.3 Å². The number of nitrogens with zero attached hydrogens (tertiary/aromatic N) is 4. The van der Waals surface area contributed by atoms with Crippen LogP contribution in [0.25, 0.3) is 5.65 Å². The first-order valence-electron chi connectivity index (χ1n) is 9.47. The van der Waals surface area contributed by atoms with Gasteiger partial charge in [-0.15, -0.1) is 0 Å². The predicted molar refractivity (Wildman–Crippen MR) is 109 cm³/mol. The van der Waals surface area contributed by atoms with Crippen molar-refractivity contribution in [3.63, 3.8) is 0 Å². The molecule has 0 radical (unpaired) electrons. The van der Waals surface area contributed by atoms with Crippen LogP contribution in [0.1, 0.15) is 50.7 Å². The molecule has 1 amide bonds. The van der Waals surface area contributed by atoms with Crippen LogP contribution in [-0.2, 0) is 4.74 Å². The highest BCUT2D eigenvalue weighted by atomic mass is 35.5. The van der Waals surface area contributed by atoms with Crippen molar-refractivity contribution in [1.29, 1.82) is 0 Å². The largest absolute Gasteiger partial charge is 0.443 e. The van der Waals surface area contributed by atoms with Gasteiger partial charge in [0, 0.05) is 11.6 Å². The van der Waals surface area contributed by atoms with Gasteiger partial charge in [-0.25, -0.2) is 19.1 Å². The Bertz CT molecular complexity index is 1080. The predicted octanol–water partition coefficient (Wildman–Crippen LogP) is 5.78. The van der Waals surface area contributed by atoms with E-state index in [4.69, 9.17) is 16.3 Å². The van der Waals surface area contributed by atoms with Crippen molar-refractivity contribution in [3.8, 4) is 0 Å². The van der Waals surface area contributed by atoms with Gasteiger partial charge in [-0.3, -0.25) is 0 Å². The Morgan fingerprint density at radius 1 is 1.28 bits per heavy atom. The Hall–Kier alpha value is -2.67. The summed E-state index contributed by atoms with van der Waals surface area (Å²) in [4.78, 5) is 18.9. The maximum atomic E-state index is 14.2. The highest BCUT2D eigenvalue weighted by molar-refractivity contribution is 6.29. The summed E-state index contributed by atoms with van der Waals surface area (Å²) < 4.78 is 21.3. The third-order valence-electron chi connectivity index (χ3n) is 4.56. The Morgan fingerprint density at radius 2 is 2.00 bits per heavy atom. The number of hydrogen-bond donors (Lipinski definition) is 0. The van der Waals surface area contributed by atoms with Gasteiger partial charge in [0.15, 0.2) is 5.65 Å². The second-order valence-corrected chi connectivity index (χ2v) is 8.74. The number of rotatable bonds is 3. The van der Waals surface area contributed by atoms with Crippen LogP contribution in [0.5, 0.6) is 0 Å². The number of carbonyl (C=O) groups excluding carboxylic acids is 1. The molecule has 1 aliphatic rings. The maximum Gasteiger partial charge on any atom is 0.420 e. The van der Waals surface area contributed by atoms with E-state index in [1.807, 2.05) is 0 Å². The van der Waals surface area contributed by atoms with Crippen molar-refractivity contribution >= 4 is 34.8 Å². The molecule has 1 aromatic carbocycles. The number of aryl methyl sites for hydroxylation is 1.